The summed E-state index contributed by atoms with van der Waals surface area (Å²) in [4.78, 5) is 55.2. The zero-order valence-electron chi connectivity index (χ0n) is 23.6. The predicted molar refractivity (Wildman–Crippen MR) is 158 cm³/mol. The number of fused-ring (bicyclic) bond motifs is 4. The van der Waals surface area contributed by atoms with E-state index in [1.54, 1.807) is 19.1 Å². The lowest BCUT2D eigenvalue weighted by atomic mass is 9.51. The molecular weight excluding hydrogens is 587 g/mol. The highest BCUT2D eigenvalue weighted by molar-refractivity contribution is 6.31. The van der Waals surface area contributed by atoms with E-state index in [1.165, 1.54) is 18.2 Å². The third-order valence-electron chi connectivity index (χ3n) is 9.84. The lowest BCUT2D eigenvalue weighted by Crippen LogP contribution is -2.48. The van der Waals surface area contributed by atoms with E-state index < -0.39 is 58.5 Å². The molecule has 3 aromatic rings. The van der Waals surface area contributed by atoms with E-state index in [9.17, 15) is 28.7 Å². The molecule has 3 fully saturated rings. The number of anilines is 1. The summed E-state index contributed by atoms with van der Waals surface area (Å²) in [6.45, 7) is 1.99. The quantitative estimate of drug-likeness (QED) is 0.299. The van der Waals surface area contributed by atoms with Crippen molar-refractivity contribution >= 4 is 40.9 Å². The van der Waals surface area contributed by atoms with Crippen molar-refractivity contribution in [3.63, 3.8) is 0 Å². The molecule has 224 valence electrons. The van der Waals surface area contributed by atoms with Crippen LogP contribution in [0.5, 0.6) is 11.5 Å². The molecular formula is C34H28ClFN2O6. The van der Waals surface area contributed by atoms with Gasteiger partial charge in [0.15, 0.2) is 0 Å². The summed E-state index contributed by atoms with van der Waals surface area (Å²) >= 11 is 6.04. The van der Waals surface area contributed by atoms with Crippen LogP contribution >= 0.6 is 11.6 Å². The van der Waals surface area contributed by atoms with Gasteiger partial charge >= 0.3 is 0 Å². The SMILES string of the molecule is CC12C(=O)N(c3ccc(F)c(Cl)c3)C(=O)C1CC1C(=CCC3C(=O)NC(=O)C31)C2c1ccc(OCc2ccccc2)cc1O. The van der Waals surface area contributed by atoms with Crippen LogP contribution in [0.2, 0.25) is 5.02 Å². The summed E-state index contributed by atoms with van der Waals surface area (Å²) in [6.07, 6.45) is 2.35. The highest BCUT2D eigenvalue weighted by Gasteiger charge is 2.67. The Balaban J connectivity index is 1.33. The third kappa shape index (κ3) is 4.17. The first kappa shape index (κ1) is 28.3. The van der Waals surface area contributed by atoms with Crippen LogP contribution in [-0.4, -0.2) is 28.7 Å². The Morgan fingerprint density at radius 1 is 1.02 bits per heavy atom. The van der Waals surface area contributed by atoms with Crippen molar-refractivity contribution in [2.24, 2.45) is 29.1 Å². The van der Waals surface area contributed by atoms with Gasteiger partial charge in [0.2, 0.25) is 23.6 Å². The average molecular weight is 615 g/mol. The van der Waals surface area contributed by atoms with Gasteiger partial charge in [-0.25, -0.2) is 9.29 Å². The van der Waals surface area contributed by atoms with Gasteiger partial charge in [-0.05, 0) is 55.5 Å². The van der Waals surface area contributed by atoms with Crippen molar-refractivity contribution in [1.29, 1.82) is 0 Å². The van der Waals surface area contributed by atoms with Gasteiger partial charge < -0.3 is 9.84 Å². The number of aromatic hydroxyl groups is 1. The van der Waals surface area contributed by atoms with Crippen LogP contribution < -0.4 is 15.0 Å². The average Bonchev–Trinajstić information content (AvgIpc) is 3.41. The third-order valence-corrected chi connectivity index (χ3v) is 10.1. The summed E-state index contributed by atoms with van der Waals surface area (Å²) in [5.41, 5.74) is 0.866. The monoisotopic (exact) mass is 614 g/mol. The molecule has 0 radical (unpaired) electrons. The normalized spacial score (nSPS) is 29.1. The molecule has 2 aliphatic carbocycles. The molecule has 1 saturated carbocycles. The van der Waals surface area contributed by atoms with Gasteiger partial charge in [-0.3, -0.25) is 24.5 Å². The molecule has 0 bridgehead atoms. The van der Waals surface area contributed by atoms with Gasteiger partial charge in [-0.2, -0.15) is 0 Å². The molecule has 10 heteroatoms. The Hall–Kier alpha value is -4.50. The van der Waals surface area contributed by atoms with E-state index in [1.807, 2.05) is 36.4 Å². The number of carbonyl (C=O) groups excluding carboxylic acids is 4. The Morgan fingerprint density at radius 2 is 1.80 bits per heavy atom. The number of imide groups is 2. The van der Waals surface area contributed by atoms with E-state index in [0.29, 0.717) is 17.7 Å². The first-order valence-corrected chi connectivity index (χ1v) is 14.8. The van der Waals surface area contributed by atoms with Crippen LogP contribution in [0.4, 0.5) is 10.1 Å². The highest BCUT2D eigenvalue weighted by Crippen LogP contribution is 2.64. The van der Waals surface area contributed by atoms with E-state index in [-0.39, 0.29) is 35.4 Å². The molecule has 7 rings (SSSR count). The number of hydrogen-bond donors (Lipinski definition) is 2. The van der Waals surface area contributed by atoms with Gasteiger partial charge in [0.05, 0.1) is 33.9 Å². The molecule has 8 nitrogen and oxygen atoms in total. The van der Waals surface area contributed by atoms with Crippen molar-refractivity contribution in [2.45, 2.75) is 32.3 Å². The fraction of sp³-hybridized carbons (Fsp3) is 0.294. The Labute approximate surface area is 257 Å². The number of allylic oxidation sites excluding steroid dienone is 2. The largest absolute Gasteiger partial charge is 0.508 e. The van der Waals surface area contributed by atoms with Gasteiger partial charge in [0.1, 0.15) is 23.9 Å². The van der Waals surface area contributed by atoms with Crippen LogP contribution in [0.25, 0.3) is 0 Å². The predicted octanol–water partition coefficient (Wildman–Crippen LogP) is 5.28. The smallest absolute Gasteiger partial charge is 0.241 e. The van der Waals surface area contributed by atoms with Gasteiger partial charge in [-0.15, -0.1) is 0 Å². The van der Waals surface area contributed by atoms with Crippen molar-refractivity contribution in [3.05, 3.63) is 100 Å². The minimum atomic E-state index is -1.36. The standard InChI is InChI=1S/C34H28ClFN2O6/c1-34-24(32(42)38(33(34)43)18-7-12-26(36)25(35)13-18)15-23-20(10-11-22-28(23)31(41)37-30(22)40)29(34)21-9-8-19(14-27(21)39)44-16-17-5-3-2-4-6-17/h2-10,12-14,22-24,28-29,39H,11,15-16H2,1H3,(H,37,40,41). The lowest BCUT2D eigenvalue weighted by molar-refractivity contribution is -0.131. The number of nitrogens with one attached hydrogen (secondary N) is 1. The molecule has 4 amide bonds. The molecule has 0 aromatic heterocycles. The first-order valence-electron chi connectivity index (χ1n) is 14.5. The fourth-order valence-electron chi connectivity index (χ4n) is 7.74. The number of rotatable bonds is 5. The van der Waals surface area contributed by atoms with Gasteiger partial charge in [0, 0.05) is 17.5 Å². The first-order chi connectivity index (χ1) is 21.1. The molecule has 6 unspecified atom stereocenters. The molecule has 2 heterocycles. The van der Waals surface area contributed by atoms with Crippen LogP contribution in [0.1, 0.15) is 36.8 Å². The number of amides is 4. The summed E-state index contributed by atoms with van der Waals surface area (Å²) in [7, 11) is 0. The molecule has 44 heavy (non-hydrogen) atoms. The number of ether oxygens (including phenoxy) is 1. The second-order valence-corrected chi connectivity index (χ2v) is 12.5. The van der Waals surface area contributed by atoms with Crippen molar-refractivity contribution in [1.82, 2.24) is 5.32 Å². The molecule has 4 aliphatic rings. The van der Waals surface area contributed by atoms with E-state index >= 15 is 0 Å². The second kappa shape index (κ2) is 10.3. The Kier molecular flexibility index (Phi) is 6.62. The fourth-order valence-corrected chi connectivity index (χ4v) is 7.91. The molecule has 3 aromatic carbocycles. The van der Waals surface area contributed by atoms with Gasteiger partial charge in [-0.1, -0.05) is 59.6 Å². The molecule has 2 aliphatic heterocycles. The minimum Gasteiger partial charge on any atom is -0.508 e. The number of halogens is 2. The molecule has 0 spiro atoms. The number of hydrogen-bond acceptors (Lipinski definition) is 6. The molecule has 2 saturated heterocycles. The molecule has 6 atom stereocenters. The van der Waals surface area contributed by atoms with E-state index in [4.69, 9.17) is 16.3 Å². The van der Waals surface area contributed by atoms with Crippen LogP contribution in [0.3, 0.4) is 0 Å². The summed E-state index contributed by atoms with van der Waals surface area (Å²) in [6, 6.07) is 18.1. The minimum absolute atomic E-state index is 0.125. The zero-order chi connectivity index (χ0) is 30.9. The van der Waals surface area contributed by atoms with Crippen molar-refractivity contribution in [2.75, 3.05) is 4.90 Å². The Morgan fingerprint density at radius 3 is 2.52 bits per heavy atom. The highest BCUT2D eigenvalue weighted by atomic mass is 35.5. The summed E-state index contributed by atoms with van der Waals surface area (Å²) < 4.78 is 19.9. The topological polar surface area (TPSA) is 113 Å². The van der Waals surface area contributed by atoms with E-state index in [2.05, 4.69) is 5.32 Å². The van der Waals surface area contributed by atoms with Crippen molar-refractivity contribution in [3.8, 4) is 11.5 Å². The number of nitrogens with zero attached hydrogens (tertiary/aromatic N) is 1. The number of benzene rings is 3. The zero-order valence-corrected chi connectivity index (χ0v) is 24.4. The van der Waals surface area contributed by atoms with Gasteiger partial charge in [0.25, 0.3) is 0 Å². The Bertz CT molecular complexity index is 1780. The number of carbonyl (C=O) groups is 4. The number of phenolic OH excluding ortho intramolecular Hbond substituents is 1. The second-order valence-electron chi connectivity index (χ2n) is 12.1. The maximum atomic E-state index is 14.4. The van der Waals surface area contributed by atoms with Crippen LogP contribution in [0.15, 0.2) is 78.4 Å². The van der Waals surface area contributed by atoms with E-state index in [0.717, 1.165) is 22.1 Å². The summed E-state index contributed by atoms with van der Waals surface area (Å²) in [5.74, 6) is -5.61. The summed E-state index contributed by atoms with van der Waals surface area (Å²) in [5, 5.41) is 13.6. The van der Waals surface area contributed by atoms with Crippen LogP contribution in [-0.2, 0) is 25.8 Å². The maximum Gasteiger partial charge on any atom is 0.241 e. The van der Waals surface area contributed by atoms with Crippen molar-refractivity contribution < 1.29 is 33.4 Å². The number of phenols is 1. The van der Waals surface area contributed by atoms with Crippen LogP contribution in [0, 0.1) is 34.9 Å². The lowest BCUT2D eigenvalue weighted by Gasteiger charge is -2.49. The molecule has 2 N–H and O–H groups in total. The maximum absolute atomic E-state index is 14.4.